The Morgan fingerprint density at radius 3 is 2.46 bits per heavy atom. The van der Waals surface area contributed by atoms with Gasteiger partial charge in [-0.3, -0.25) is 9.59 Å². The second kappa shape index (κ2) is 8.84. The Bertz CT molecular complexity index is 903. The molecule has 0 fully saturated rings. The minimum Gasteiger partial charge on any atom is -0.481 e. The highest BCUT2D eigenvalue weighted by atomic mass is 32.1. The van der Waals surface area contributed by atoms with Crippen LogP contribution in [0.25, 0.3) is 11.1 Å². The molecule has 0 unspecified atom stereocenters. The summed E-state index contributed by atoms with van der Waals surface area (Å²) in [5.74, 6) is -3.37. The number of carboxylic acids is 1. The Hall–Kier alpha value is -2.93. The van der Waals surface area contributed by atoms with Crippen molar-refractivity contribution in [2.75, 3.05) is 11.9 Å². The molecule has 28 heavy (non-hydrogen) atoms. The molecule has 1 aliphatic rings. The van der Waals surface area contributed by atoms with E-state index in [1.807, 2.05) is 36.4 Å². The predicted molar refractivity (Wildman–Crippen MR) is 107 cm³/mol. The highest BCUT2D eigenvalue weighted by Crippen LogP contribution is 2.37. The van der Waals surface area contributed by atoms with Crippen LogP contribution in [0.4, 0.5) is 5.00 Å². The van der Waals surface area contributed by atoms with Gasteiger partial charge < -0.3 is 15.2 Å². The highest BCUT2D eigenvalue weighted by Gasteiger charge is 2.35. The first-order chi connectivity index (χ1) is 13.5. The second-order valence-electron chi connectivity index (χ2n) is 6.42. The number of esters is 1. The number of rotatable bonds is 6. The Labute approximate surface area is 166 Å². The van der Waals surface area contributed by atoms with E-state index in [0.29, 0.717) is 29.0 Å². The van der Waals surface area contributed by atoms with E-state index in [9.17, 15) is 19.5 Å². The number of benzene rings is 1. The standard InChI is InChI=1S/C21H21NO5S/c1-2-27-21(26)17-16(13-8-4-3-5-9-13)12-28-19(17)22-18(23)14-10-6-7-11-15(14)20(24)25/h3-9,12,14-15H,2,10-11H2,1H3,(H,22,23)(H,24,25)/t14-,15+/m1/s1. The molecule has 0 saturated heterocycles. The summed E-state index contributed by atoms with van der Waals surface area (Å²) in [7, 11) is 0. The maximum absolute atomic E-state index is 12.8. The lowest BCUT2D eigenvalue weighted by atomic mass is 9.82. The van der Waals surface area contributed by atoms with Gasteiger partial charge in [-0.15, -0.1) is 11.3 Å². The first kappa shape index (κ1) is 19.8. The van der Waals surface area contributed by atoms with E-state index in [-0.39, 0.29) is 6.61 Å². The molecule has 0 bridgehead atoms. The van der Waals surface area contributed by atoms with Gasteiger partial charge in [-0.25, -0.2) is 4.79 Å². The van der Waals surface area contributed by atoms with Gasteiger partial charge in [0.05, 0.1) is 18.4 Å². The number of nitrogens with one attached hydrogen (secondary N) is 1. The number of aliphatic carboxylic acids is 1. The molecular weight excluding hydrogens is 378 g/mol. The number of hydrogen-bond acceptors (Lipinski definition) is 5. The summed E-state index contributed by atoms with van der Waals surface area (Å²) < 4.78 is 5.19. The lowest BCUT2D eigenvalue weighted by Gasteiger charge is -2.24. The van der Waals surface area contributed by atoms with Crippen molar-refractivity contribution in [3.8, 4) is 11.1 Å². The molecule has 2 N–H and O–H groups in total. The molecule has 1 heterocycles. The Balaban J connectivity index is 1.92. The third-order valence-corrected chi connectivity index (χ3v) is 5.57. The van der Waals surface area contributed by atoms with Crippen LogP contribution in [0.3, 0.4) is 0 Å². The first-order valence-electron chi connectivity index (χ1n) is 9.05. The monoisotopic (exact) mass is 399 g/mol. The molecule has 1 aromatic carbocycles. The lowest BCUT2D eigenvalue weighted by molar-refractivity contribution is -0.146. The zero-order valence-corrected chi connectivity index (χ0v) is 16.2. The fourth-order valence-electron chi connectivity index (χ4n) is 3.27. The van der Waals surface area contributed by atoms with Crippen LogP contribution < -0.4 is 5.32 Å². The first-order valence-corrected chi connectivity index (χ1v) is 9.93. The van der Waals surface area contributed by atoms with Crippen LogP contribution in [0.15, 0.2) is 47.9 Å². The number of anilines is 1. The molecule has 1 amide bonds. The molecule has 6 nitrogen and oxygen atoms in total. The topological polar surface area (TPSA) is 92.7 Å². The Morgan fingerprint density at radius 2 is 1.82 bits per heavy atom. The van der Waals surface area contributed by atoms with Gasteiger partial charge in [0.25, 0.3) is 0 Å². The van der Waals surface area contributed by atoms with Crippen molar-refractivity contribution in [1.29, 1.82) is 0 Å². The maximum atomic E-state index is 12.8. The SMILES string of the molecule is CCOC(=O)c1c(-c2ccccc2)csc1NC(=O)[C@@H]1CC=CC[C@@H]1C(=O)O. The van der Waals surface area contributed by atoms with Crippen molar-refractivity contribution in [2.24, 2.45) is 11.8 Å². The van der Waals surface area contributed by atoms with Crippen molar-refractivity contribution >= 4 is 34.2 Å². The van der Waals surface area contributed by atoms with Crippen molar-refractivity contribution in [3.63, 3.8) is 0 Å². The van der Waals surface area contributed by atoms with Crippen LogP contribution in [0.5, 0.6) is 0 Å². The molecule has 0 spiro atoms. The average Bonchev–Trinajstić information content (AvgIpc) is 3.12. The molecule has 1 aliphatic carbocycles. The number of amides is 1. The van der Waals surface area contributed by atoms with E-state index in [1.165, 1.54) is 11.3 Å². The predicted octanol–water partition coefficient (Wildman–Crippen LogP) is 4.20. The van der Waals surface area contributed by atoms with Gasteiger partial charge in [0.1, 0.15) is 10.6 Å². The zero-order chi connectivity index (χ0) is 20.1. The number of hydrogen-bond donors (Lipinski definition) is 2. The molecule has 3 rings (SSSR count). The van der Waals surface area contributed by atoms with Crippen LogP contribution in [-0.4, -0.2) is 29.6 Å². The number of carboxylic acid groups (broad SMARTS) is 1. The molecule has 1 aromatic heterocycles. The largest absolute Gasteiger partial charge is 0.481 e. The lowest BCUT2D eigenvalue weighted by Crippen LogP contribution is -2.34. The summed E-state index contributed by atoms with van der Waals surface area (Å²) in [4.78, 5) is 36.9. The van der Waals surface area contributed by atoms with Gasteiger partial charge in [-0.05, 0) is 25.3 Å². The third kappa shape index (κ3) is 4.14. The van der Waals surface area contributed by atoms with Crippen molar-refractivity contribution < 1.29 is 24.2 Å². The van der Waals surface area contributed by atoms with Gasteiger partial charge >= 0.3 is 11.9 Å². The normalized spacial score (nSPS) is 18.5. The quantitative estimate of drug-likeness (QED) is 0.561. The minimum atomic E-state index is -0.994. The van der Waals surface area contributed by atoms with E-state index in [0.717, 1.165) is 5.56 Å². The molecule has 7 heteroatoms. The molecule has 0 radical (unpaired) electrons. The number of thiophene rings is 1. The summed E-state index contributed by atoms with van der Waals surface area (Å²) in [6, 6.07) is 9.37. The minimum absolute atomic E-state index is 0.213. The van der Waals surface area contributed by atoms with Crippen LogP contribution in [-0.2, 0) is 14.3 Å². The molecule has 2 atom stereocenters. The maximum Gasteiger partial charge on any atom is 0.341 e. The summed E-state index contributed by atoms with van der Waals surface area (Å²) in [5, 5.41) is 14.4. The van der Waals surface area contributed by atoms with E-state index >= 15 is 0 Å². The number of allylic oxidation sites excluding steroid dienone is 2. The van der Waals surface area contributed by atoms with Crippen LogP contribution >= 0.6 is 11.3 Å². The van der Waals surface area contributed by atoms with Crippen LogP contribution in [0, 0.1) is 11.8 Å². The zero-order valence-electron chi connectivity index (χ0n) is 15.4. The van der Waals surface area contributed by atoms with Gasteiger partial charge in [0.15, 0.2) is 0 Å². The molecule has 146 valence electrons. The van der Waals surface area contributed by atoms with E-state index in [2.05, 4.69) is 5.32 Å². The molecule has 0 saturated carbocycles. The van der Waals surface area contributed by atoms with Crippen molar-refractivity contribution in [3.05, 3.63) is 53.4 Å². The van der Waals surface area contributed by atoms with Crippen molar-refractivity contribution in [1.82, 2.24) is 0 Å². The summed E-state index contributed by atoms with van der Waals surface area (Å²) in [6.45, 7) is 1.93. The summed E-state index contributed by atoms with van der Waals surface area (Å²) in [6.07, 6.45) is 4.28. The third-order valence-electron chi connectivity index (χ3n) is 4.68. The van der Waals surface area contributed by atoms with Gasteiger partial charge in [-0.2, -0.15) is 0 Å². The highest BCUT2D eigenvalue weighted by molar-refractivity contribution is 7.15. The summed E-state index contributed by atoms with van der Waals surface area (Å²) >= 11 is 1.23. The average molecular weight is 399 g/mol. The number of carbonyl (C=O) groups excluding carboxylic acids is 2. The number of ether oxygens (including phenoxy) is 1. The fraction of sp³-hybridized carbons (Fsp3) is 0.286. The van der Waals surface area contributed by atoms with Crippen molar-refractivity contribution in [2.45, 2.75) is 19.8 Å². The number of carbonyl (C=O) groups is 3. The van der Waals surface area contributed by atoms with Gasteiger partial charge in [-0.1, -0.05) is 42.5 Å². The molecule has 2 aromatic rings. The Kier molecular flexibility index (Phi) is 6.26. The Morgan fingerprint density at radius 1 is 1.14 bits per heavy atom. The van der Waals surface area contributed by atoms with E-state index in [4.69, 9.17) is 4.74 Å². The molecule has 0 aliphatic heterocycles. The molecular formula is C21H21NO5S. The van der Waals surface area contributed by atoms with E-state index < -0.39 is 29.7 Å². The summed E-state index contributed by atoms with van der Waals surface area (Å²) in [5.41, 5.74) is 1.81. The van der Waals surface area contributed by atoms with Crippen LogP contribution in [0.1, 0.15) is 30.1 Å². The second-order valence-corrected chi connectivity index (χ2v) is 7.30. The van der Waals surface area contributed by atoms with E-state index in [1.54, 1.807) is 18.4 Å². The van der Waals surface area contributed by atoms with Gasteiger partial charge in [0, 0.05) is 10.9 Å². The smallest absolute Gasteiger partial charge is 0.341 e. The van der Waals surface area contributed by atoms with Gasteiger partial charge in [0.2, 0.25) is 5.91 Å². The fourth-order valence-corrected chi connectivity index (χ4v) is 4.23. The van der Waals surface area contributed by atoms with Crippen LogP contribution in [0.2, 0.25) is 0 Å².